The zero-order chi connectivity index (χ0) is 13.2. The summed E-state index contributed by atoms with van der Waals surface area (Å²) in [6.45, 7) is 3.05. The molecule has 0 bridgehead atoms. The Bertz CT molecular complexity index is 565. The van der Waals surface area contributed by atoms with Crippen LogP contribution in [-0.2, 0) is 0 Å². The van der Waals surface area contributed by atoms with Crippen molar-refractivity contribution in [1.82, 2.24) is 19.6 Å². The van der Waals surface area contributed by atoms with Gasteiger partial charge in [0.1, 0.15) is 12.1 Å². The largest absolute Gasteiger partial charge is 0.353 e. The Kier molecular flexibility index (Phi) is 3.55. The van der Waals surface area contributed by atoms with E-state index in [0.29, 0.717) is 17.7 Å². The van der Waals surface area contributed by atoms with E-state index in [-0.39, 0.29) is 0 Å². The molecular formula is C13H18ClN5. The molecule has 19 heavy (non-hydrogen) atoms. The topological polar surface area (TPSA) is 46.3 Å². The van der Waals surface area contributed by atoms with Gasteiger partial charge >= 0.3 is 0 Å². The molecule has 0 N–H and O–H groups in total. The molecule has 0 amide bonds. The number of rotatable bonds is 3. The second-order valence-corrected chi connectivity index (χ2v) is 5.43. The zero-order valence-electron chi connectivity index (χ0n) is 11.1. The van der Waals surface area contributed by atoms with Crippen molar-refractivity contribution in [1.29, 1.82) is 0 Å². The molecule has 0 radical (unpaired) electrons. The molecule has 1 saturated heterocycles. The van der Waals surface area contributed by atoms with Crippen molar-refractivity contribution in [3.8, 4) is 0 Å². The van der Waals surface area contributed by atoms with Crippen LogP contribution < -0.4 is 4.90 Å². The quantitative estimate of drug-likeness (QED) is 0.810. The summed E-state index contributed by atoms with van der Waals surface area (Å²) in [7, 11) is 0. The van der Waals surface area contributed by atoms with Gasteiger partial charge in [0, 0.05) is 30.2 Å². The average molecular weight is 280 g/mol. The summed E-state index contributed by atoms with van der Waals surface area (Å²) < 4.78 is 1.83. The third-order valence-electron chi connectivity index (χ3n) is 3.72. The summed E-state index contributed by atoms with van der Waals surface area (Å²) >= 11 is 5.94. The molecule has 0 aromatic carbocycles. The predicted octanol–water partition coefficient (Wildman–Crippen LogP) is 2.42. The van der Waals surface area contributed by atoms with Gasteiger partial charge in [-0.3, -0.25) is 0 Å². The van der Waals surface area contributed by atoms with Crippen molar-refractivity contribution in [3.63, 3.8) is 0 Å². The minimum Gasteiger partial charge on any atom is -0.353 e. The fourth-order valence-electron chi connectivity index (χ4n) is 2.84. The number of anilines is 1. The van der Waals surface area contributed by atoms with Crippen molar-refractivity contribution < 1.29 is 0 Å². The van der Waals surface area contributed by atoms with Crippen molar-refractivity contribution in [2.75, 3.05) is 17.3 Å². The van der Waals surface area contributed by atoms with Crippen molar-refractivity contribution in [2.45, 2.75) is 38.6 Å². The molecule has 5 nitrogen and oxygen atoms in total. The van der Waals surface area contributed by atoms with Crippen LogP contribution in [0.5, 0.6) is 0 Å². The number of fused-ring (bicyclic) bond motifs is 1. The summed E-state index contributed by atoms with van der Waals surface area (Å²) in [6, 6.07) is 2.59. The lowest BCUT2D eigenvalue weighted by atomic mass is 10.00. The Balaban J connectivity index is 2.03. The van der Waals surface area contributed by atoms with E-state index in [1.807, 2.05) is 11.4 Å². The van der Waals surface area contributed by atoms with Gasteiger partial charge < -0.3 is 4.90 Å². The lowest BCUT2D eigenvalue weighted by Gasteiger charge is -2.37. The van der Waals surface area contributed by atoms with Crippen molar-refractivity contribution >= 4 is 23.2 Å². The Morgan fingerprint density at radius 2 is 2.32 bits per heavy atom. The van der Waals surface area contributed by atoms with Gasteiger partial charge in [-0.1, -0.05) is 0 Å². The highest BCUT2D eigenvalue weighted by Gasteiger charge is 2.24. The number of alkyl halides is 1. The number of piperidine rings is 1. The van der Waals surface area contributed by atoms with Crippen LogP contribution in [0.2, 0.25) is 0 Å². The van der Waals surface area contributed by atoms with Gasteiger partial charge in [0.25, 0.3) is 5.78 Å². The zero-order valence-corrected chi connectivity index (χ0v) is 11.8. The SMILES string of the molecule is Cc1cc(N2CCCCC2CCCl)n2ncnc2n1. The monoisotopic (exact) mass is 279 g/mol. The van der Waals surface area contributed by atoms with Gasteiger partial charge in [0.2, 0.25) is 0 Å². The molecule has 1 unspecified atom stereocenters. The molecule has 2 aromatic rings. The molecule has 1 aliphatic heterocycles. The lowest BCUT2D eigenvalue weighted by Crippen LogP contribution is -2.41. The van der Waals surface area contributed by atoms with Gasteiger partial charge in [0.05, 0.1) is 0 Å². The molecule has 0 saturated carbocycles. The minimum atomic E-state index is 0.500. The number of aryl methyl sites for hydroxylation is 1. The minimum absolute atomic E-state index is 0.500. The second kappa shape index (κ2) is 5.33. The number of halogens is 1. The van der Waals surface area contributed by atoms with Crippen LogP contribution in [0.1, 0.15) is 31.4 Å². The van der Waals surface area contributed by atoms with Gasteiger partial charge in [-0.15, -0.1) is 11.6 Å². The number of hydrogen-bond donors (Lipinski definition) is 0. The molecule has 3 heterocycles. The van der Waals surface area contributed by atoms with E-state index in [1.54, 1.807) is 6.33 Å². The van der Waals surface area contributed by atoms with Crippen molar-refractivity contribution in [2.24, 2.45) is 0 Å². The Morgan fingerprint density at radius 1 is 1.42 bits per heavy atom. The van der Waals surface area contributed by atoms with Gasteiger partial charge in [0.15, 0.2) is 0 Å². The van der Waals surface area contributed by atoms with E-state index in [1.165, 1.54) is 19.3 Å². The molecule has 0 aliphatic carbocycles. The highest BCUT2D eigenvalue weighted by molar-refractivity contribution is 6.17. The molecule has 1 aliphatic rings. The first-order valence-electron chi connectivity index (χ1n) is 6.79. The second-order valence-electron chi connectivity index (χ2n) is 5.05. The van der Waals surface area contributed by atoms with Crippen LogP contribution in [0, 0.1) is 6.92 Å². The normalized spacial score (nSPS) is 20.1. The molecular weight excluding hydrogens is 262 g/mol. The third kappa shape index (κ3) is 2.39. The van der Waals surface area contributed by atoms with Crippen LogP contribution in [-0.4, -0.2) is 38.0 Å². The van der Waals surface area contributed by atoms with Crippen LogP contribution in [0.4, 0.5) is 5.82 Å². The molecule has 1 fully saturated rings. The van der Waals surface area contributed by atoms with Crippen LogP contribution >= 0.6 is 11.6 Å². The maximum absolute atomic E-state index is 5.94. The van der Waals surface area contributed by atoms with E-state index in [2.05, 4.69) is 26.0 Å². The fraction of sp³-hybridized carbons (Fsp3) is 0.615. The lowest BCUT2D eigenvalue weighted by molar-refractivity contribution is 0.445. The van der Waals surface area contributed by atoms with Crippen LogP contribution in [0.15, 0.2) is 12.4 Å². The maximum Gasteiger partial charge on any atom is 0.254 e. The number of hydrogen-bond acceptors (Lipinski definition) is 4. The summed E-state index contributed by atoms with van der Waals surface area (Å²) in [5, 5.41) is 4.30. The maximum atomic E-state index is 5.94. The molecule has 2 aromatic heterocycles. The van der Waals surface area contributed by atoms with E-state index in [4.69, 9.17) is 11.6 Å². The van der Waals surface area contributed by atoms with Crippen LogP contribution in [0.25, 0.3) is 5.78 Å². The standard InChI is InChI=1S/C13H18ClN5/c1-10-8-12(19-13(17-10)15-9-16-19)18-7-3-2-4-11(18)5-6-14/h8-9,11H,2-7H2,1H3. The molecule has 1 atom stereocenters. The molecule has 3 rings (SSSR count). The summed E-state index contributed by atoms with van der Waals surface area (Å²) in [4.78, 5) is 11.0. The Labute approximate surface area is 117 Å². The highest BCUT2D eigenvalue weighted by atomic mass is 35.5. The molecule has 102 valence electrons. The average Bonchev–Trinajstić information content (AvgIpc) is 2.87. The summed E-state index contributed by atoms with van der Waals surface area (Å²) in [5.74, 6) is 2.46. The van der Waals surface area contributed by atoms with E-state index < -0.39 is 0 Å². The first-order chi connectivity index (χ1) is 9.29. The highest BCUT2D eigenvalue weighted by Crippen LogP contribution is 2.27. The summed E-state index contributed by atoms with van der Waals surface area (Å²) in [6.07, 6.45) is 6.27. The van der Waals surface area contributed by atoms with Crippen molar-refractivity contribution in [3.05, 3.63) is 18.1 Å². The third-order valence-corrected chi connectivity index (χ3v) is 3.94. The number of aromatic nitrogens is 4. The van der Waals surface area contributed by atoms with Crippen LogP contribution in [0.3, 0.4) is 0 Å². The predicted molar refractivity (Wildman–Crippen MR) is 75.8 cm³/mol. The number of nitrogens with zero attached hydrogens (tertiary/aromatic N) is 5. The van der Waals surface area contributed by atoms with E-state index in [9.17, 15) is 0 Å². The smallest absolute Gasteiger partial charge is 0.254 e. The molecule has 0 spiro atoms. The Hall–Kier alpha value is -1.36. The van der Waals surface area contributed by atoms with E-state index >= 15 is 0 Å². The first kappa shape index (κ1) is 12.7. The van der Waals surface area contributed by atoms with Gasteiger partial charge in [-0.05, 0) is 32.6 Å². The van der Waals surface area contributed by atoms with Gasteiger partial charge in [-0.2, -0.15) is 14.6 Å². The van der Waals surface area contributed by atoms with Gasteiger partial charge in [-0.25, -0.2) is 4.98 Å². The first-order valence-corrected chi connectivity index (χ1v) is 7.33. The fourth-order valence-corrected chi connectivity index (χ4v) is 3.10. The van der Waals surface area contributed by atoms with E-state index in [0.717, 1.165) is 24.5 Å². The molecule has 6 heteroatoms. The summed E-state index contributed by atoms with van der Waals surface area (Å²) in [5.41, 5.74) is 0.977. The Morgan fingerprint density at radius 3 is 3.16 bits per heavy atom.